The molecule has 2 saturated heterocycles. The molecule has 2 aliphatic rings. The van der Waals surface area contributed by atoms with E-state index in [4.69, 9.17) is 4.74 Å². The summed E-state index contributed by atoms with van der Waals surface area (Å²) in [5, 5.41) is 3.52. The topological polar surface area (TPSA) is 24.5 Å². The van der Waals surface area contributed by atoms with Gasteiger partial charge in [-0.1, -0.05) is 12.1 Å². The van der Waals surface area contributed by atoms with Crippen LogP contribution < -0.4 is 10.1 Å². The molecule has 4 heteroatoms. The molecule has 0 bridgehead atoms. The Hall–Kier alpha value is -0.770. The monoisotopic (exact) mass is 310 g/mol. The van der Waals surface area contributed by atoms with Crippen molar-refractivity contribution in [3.05, 3.63) is 29.8 Å². The lowest BCUT2D eigenvalue weighted by molar-refractivity contribution is 0.241. The molecule has 2 heterocycles. The van der Waals surface area contributed by atoms with Gasteiger partial charge in [-0.15, -0.1) is 12.4 Å². The number of hydrogen-bond acceptors (Lipinski definition) is 3. The Morgan fingerprint density at radius 3 is 2.90 bits per heavy atom. The van der Waals surface area contributed by atoms with Gasteiger partial charge in [0.05, 0.1) is 6.10 Å². The third-order valence-corrected chi connectivity index (χ3v) is 4.53. The fraction of sp³-hybridized carbons (Fsp3) is 0.647. The number of rotatable bonds is 4. The Morgan fingerprint density at radius 1 is 1.33 bits per heavy atom. The number of likely N-dealkylation sites (tertiary alicyclic amines) is 1. The first-order valence-electron chi connectivity index (χ1n) is 7.84. The Balaban J connectivity index is 0.00000161. The summed E-state index contributed by atoms with van der Waals surface area (Å²) in [6.07, 6.45) is 2.94. The van der Waals surface area contributed by atoms with Crippen LogP contribution in [0.1, 0.15) is 32.3 Å². The van der Waals surface area contributed by atoms with E-state index in [0.29, 0.717) is 5.41 Å². The summed E-state index contributed by atoms with van der Waals surface area (Å²) < 4.78 is 5.78. The van der Waals surface area contributed by atoms with E-state index < -0.39 is 0 Å². The molecule has 2 fully saturated rings. The van der Waals surface area contributed by atoms with Crippen molar-refractivity contribution >= 4 is 12.4 Å². The van der Waals surface area contributed by atoms with E-state index in [1.807, 2.05) is 0 Å². The zero-order valence-electron chi connectivity index (χ0n) is 13.1. The van der Waals surface area contributed by atoms with E-state index in [-0.39, 0.29) is 18.5 Å². The van der Waals surface area contributed by atoms with Crippen LogP contribution in [-0.4, -0.2) is 37.2 Å². The molecular formula is C17H27ClN2O. The summed E-state index contributed by atoms with van der Waals surface area (Å²) in [7, 11) is 0. The lowest BCUT2D eigenvalue weighted by atomic mass is 9.86. The van der Waals surface area contributed by atoms with E-state index in [1.54, 1.807) is 0 Å². The normalized spacial score (nSPS) is 25.5. The molecule has 0 aromatic heterocycles. The third kappa shape index (κ3) is 4.12. The summed E-state index contributed by atoms with van der Waals surface area (Å²) in [4.78, 5) is 2.60. The minimum atomic E-state index is 0. The molecule has 0 amide bonds. The smallest absolute Gasteiger partial charge is 0.120 e. The fourth-order valence-electron chi connectivity index (χ4n) is 3.55. The Bertz CT molecular complexity index is 458. The predicted molar refractivity (Wildman–Crippen MR) is 89.3 cm³/mol. The second kappa shape index (κ2) is 6.99. The summed E-state index contributed by atoms with van der Waals surface area (Å²) in [6.45, 7) is 10.1. The molecule has 1 spiro atoms. The first-order chi connectivity index (χ1) is 9.65. The van der Waals surface area contributed by atoms with Gasteiger partial charge in [0, 0.05) is 19.6 Å². The summed E-state index contributed by atoms with van der Waals surface area (Å²) in [6, 6.07) is 8.56. The third-order valence-electron chi connectivity index (χ3n) is 4.53. The highest BCUT2D eigenvalue weighted by Crippen LogP contribution is 2.36. The molecule has 1 aromatic carbocycles. The zero-order valence-corrected chi connectivity index (χ0v) is 13.9. The summed E-state index contributed by atoms with van der Waals surface area (Å²) in [5.74, 6) is 0.994. The maximum Gasteiger partial charge on any atom is 0.120 e. The second-order valence-corrected chi connectivity index (χ2v) is 6.70. The van der Waals surface area contributed by atoms with Crippen molar-refractivity contribution < 1.29 is 4.74 Å². The van der Waals surface area contributed by atoms with Crippen LogP contribution in [0.3, 0.4) is 0 Å². The lowest BCUT2D eigenvalue weighted by Crippen LogP contribution is -2.28. The second-order valence-electron chi connectivity index (χ2n) is 6.70. The van der Waals surface area contributed by atoms with Crippen molar-refractivity contribution in [3.8, 4) is 5.75 Å². The molecule has 2 aliphatic heterocycles. The maximum atomic E-state index is 5.78. The van der Waals surface area contributed by atoms with Crippen molar-refractivity contribution in [1.29, 1.82) is 0 Å². The van der Waals surface area contributed by atoms with E-state index in [9.17, 15) is 0 Å². The highest BCUT2D eigenvalue weighted by molar-refractivity contribution is 5.85. The van der Waals surface area contributed by atoms with Crippen molar-refractivity contribution in [2.75, 3.05) is 26.2 Å². The number of nitrogens with zero attached hydrogens (tertiary/aromatic N) is 1. The molecule has 0 radical (unpaired) electrons. The van der Waals surface area contributed by atoms with E-state index in [1.165, 1.54) is 44.6 Å². The number of nitrogens with one attached hydrogen (secondary N) is 1. The van der Waals surface area contributed by atoms with Gasteiger partial charge in [0.2, 0.25) is 0 Å². The van der Waals surface area contributed by atoms with Crippen molar-refractivity contribution in [2.45, 2.75) is 39.3 Å². The molecule has 0 aliphatic carbocycles. The molecule has 1 atom stereocenters. The average molecular weight is 311 g/mol. The molecule has 3 nitrogen and oxygen atoms in total. The van der Waals surface area contributed by atoms with Crippen LogP contribution in [-0.2, 0) is 6.54 Å². The van der Waals surface area contributed by atoms with Crippen LogP contribution in [0.5, 0.6) is 5.75 Å². The Morgan fingerprint density at radius 2 is 2.19 bits per heavy atom. The van der Waals surface area contributed by atoms with Crippen LogP contribution in [0.15, 0.2) is 24.3 Å². The van der Waals surface area contributed by atoms with Crippen LogP contribution >= 0.6 is 12.4 Å². The largest absolute Gasteiger partial charge is 0.491 e. The van der Waals surface area contributed by atoms with Crippen LogP contribution in [0.25, 0.3) is 0 Å². The fourth-order valence-corrected chi connectivity index (χ4v) is 3.55. The van der Waals surface area contributed by atoms with Gasteiger partial charge in [-0.3, -0.25) is 4.90 Å². The first-order valence-corrected chi connectivity index (χ1v) is 7.84. The molecule has 1 unspecified atom stereocenters. The summed E-state index contributed by atoms with van der Waals surface area (Å²) >= 11 is 0. The van der Waals surface area contributed by atoms with Gasteiger partial charge < -0.3 is 10.1 Å². The minimum Gasteiger partial charge on any atom is -0.491 e. The number of benzene rings is 1. The van der Waals surface area contributed by atoms with Crippen LogP contribution in [0, 0.1) is 5.41 Å². The minimum absolute atomic E-state index is 0. The van der Waals surface area contributed by atoms with Crippen LogP contribution in [0.2, 0.25) is 0 Å². The molecule has 1 N–H and O–H groups in total. The SMILES string of the molecule is CC(C)Oc1cccc(CN2CCC3(CCNC3)C2)c1.Cl. The number of halogens is 1. The van der Waals surface area contributed by atoms with Crippen molar-refractivity contribution in [3.63, 3.8) is 0 Å². The molecule has 21 heavy (non-hydrogen) atoms. The molecule has 3 rings (SSSR count). The van der Waals surface area contributed by atoms with Gasteiger partial charge in [-0.25, -0.2) is 0 Å². The first kappa shape index (κ1) is 16.6. The van der Waals surface area contributed by atoms with E-state index in [0.717, 1.165) is 12.3 Å². The van der Waals surface area contributed by atoms with Crippen molar-refractivity contribution in [1.82, 2.24) is 10.2 Å². The lowest BCUT2D eigenvalue weighted by Gasteiger charge is -2.23. The maximum absolute atomic E-state index is 5.78. The molecule has 0 saturated carbocycles. The standard InChI is InChI=1S/C17H26N2O.ClH/c1-14(2)20-16-5-3-4-15(10-16)11-19-9-7-17(13-19)6-8-18-12-17;/h3-5,10,14,18H,6-9,11-13H2,1-2H3;1H. The zero-order chi connectivity index (χ0) is 14.0. The van der Waals surface area contributed by atoms with E-state index in [2.05, 4.69) is 48.3 Å². The Labute approximate surface area is 134 Å². The molecule has 118 valence electrons. The van der Waals surface area contributed by atoms with Gasteiger partial charge in [0.1, 0.15) is 5.75 Å². The van der Waals surface area contributed by atoms with Gasteiger partial charge >= 0.3 is 0 Å². The highest BCUT2D eigenvalue weighted by atomic mass is 35.5. The van der Waals surface area contributed by atoms with Crippen LogP contribution in [0.4, 0.5) is 0 Å². The molecule has 1 aromatic rings. The van der Waals surface area contributed by atoms with Gasteiger partial charge in [-0.05, 0) is 62.9 Å². The summed E-state index contributed by atoms with van der Waals surface area (Å²) in [5.41, 5.74) is 1.93. The average Bonchev–Trinajstić information content (AvgIpc) is 3.00. The van der Waals surface area contributed by atoms with E-state index >= 15 is 0 Å². The quantitative estimate of drug-likeness (QED) is 0.925. The number of ether oxygens (including phenoxy) is 1. The highest BCUT2D eigenvalue weighted by Gasteiger charge is 2.39. The van der Waals surface area contributed by atoms with Crippen molar-refractivity contribution in [2.24, 2.45) is 5.41 Å². The van der Waals surface area contributed by atoms with Gasteiger partial charge in [0.25, 0.3) is 0 Å². The molecular weight excluding hydrogens is 284 g/mol. The van der Waals surface area contributed by atoms with Gasteiger partial charge in [0.15, 0.2) is 0 Å². The number of hydrogen-bond donors (Lipinski definition) is 1. The predicted octanol–water partition coefficient (Wildman–Crippen LogP) is 3.08. The Kier molecular flexibility index (Phi) is 5.53. The van der Waals surface area contributed by atoms with Gasteiger partial charge in [-0.2, -0.15) is 0 Å².